The number of carbonyl (C=O) groups excluding carboxylic acids is 1. The number of halogens is 1. The minimum Gasteiger partial charge on any atom is -0.507 e. The molecule has 3 aromatic carbocycles. The molecule has 0 fully saturated rings. The monoisotopic (exact) mass is 328 g/mol. The van der Waals surface area contributed by atoms with Crippen LogP contribution in [0.1, 0.15) is 15.9 Å². The number of rotatable bonds is 3. The van der Waals surface area contributed by atoms with Crippen LogP contribution in [0.2, 0.25) is 5.02 Å². The molecule has 0 aliphatic rings. The maximum absolute atomic E-state index is 12.2. The van der Waals surface area contributed by atoms with Gasteiger partial charge >= 0.3 is 5.97 Å². The van der Waals surface area contributed by atoms with E-state index in [1.54, 1.807) is 48.5 Å². The Bertz CT molecular complexity index is 872. The van der Waals surface area contributed by atoms with Crippen LogP contribution < -0.4 is 0 Å². The molecule has 0 heterocycles. The van der Waals surface area contributed by atoms with Gasteiger partial charge < -0.3 is 14.9 Å². The number of phenolic OH excluding ortho intramolecular Hbond substituents is 2. The zero-order chi connectivity index (χ0) is 16.4. The molecular weight excluding hydrogens is 316 g/mol. The van der Waals surface area contributed by atoms with Gasteiger partial charge in [-0.15, -0.1) is 0 Å². The fourth-order valence-corrected chi connectivity index (χ4v) is 2.43. The second kappa shape index (κ2) is 6.18. The molecule has 0 aromatic heterocycles. The number of aromatic hydroxyl groups is 2. The third kappa shape index (κ3) is 3.07. The molecule has 5 heteroatoms. The lowest BCUT2D eigenvalue weighted by Crippen LogP contribution is -2.06. The number of fused-ring (bicyclic) bond motifs is 1. The summed E-state index contributed by atoms with van der Waals surface area (Å²) < 4.78 is 5.19. The van der Waals surface area contributed by atoms with Crippen LogP contribution in [0.3, 0.4) is 0 Å². The summed E-state index contributed by atoms with van der Waals surface area (Å²) in [5, 5.41) is 21.7. The molecule has 116 valence electrons. The van der Waals surface area contributed by atoms with Crippen molar-refractivity contribution in [2.24, 2.45) is 0 Å². The minimum atomic E-state index is -0.710. The van der Waals surface area contributed by atoms with Gasteiger partial charge in [0.25, 0.3) is 0 Å². The predicted octanol–water partition coefficient (Wildman–Crippen LogP) is 4.26. The normalized spacial score (nSPS) is 10.7. The van der Waals surface area contributed by atoms with Crippen LogP contribution in [-0.2, 0) is 11.3 Å². The molecule has 2 N–H and O–H groups in total. The molecule has 0 aliphatic heterocycles. The number of carbonyl (C=O) groups is 1. The van der Waals surface area contributed by atoms with Crippen molar-refractivity contribution in [2.75, 3.05) is 0 Å². The van der Waals surface area contributed by atoms with Crippen LogP contribution >= 0.6 is 11.6 Å². The first-order chi connectivity index (χ1) is 11.1. The van der Waals surface area contributed by atoms with Crippen molar-refractivity contribution in [1.82, 2.24) is 0 Å². The molecule has 0 saturated heterocycles. The van der Waals surface area contributed by atoms with Crippen LogP contribution in [0, 0.1) is 0 Å². The number of hydrogen-bond donors (Lipinski definition) is 2. The van der Waals surface area contributed by atoms with E-state index in [1.165, 1.54) is 6.07 Å². The van der Waals surface area contributed by atoms with Gasteiger partial charge in [-0.25, -0.2) is 4.79 Å². The molecule has 0 saturated carbocycles. The quantitative estimate of drug-likeness (QED) is 0.557. The van der Waals surface area contributed by atoms with E-state index in [4.69, 9.17) is 16.3 Å². The summed E-state index contributed by atoms with van der Waals surface area (Å²) in [6.45, 7) is 0.0447. The highest BCUT2D eigenvalue weighted by Crippen LogP contribution is 2.35. The largest absolute Gasteiger partial charge is 0.507 e. The number of esters is 1. The van der Waals surface area contributed by atoms with Gasteiger partial charge in [-0.2, -0.15) is 0 Å². The van der Waals surface area contributed by atoms with Gasteiger partial charge in [0.15, 0.2) is 0 Å². The zero-order valence-electron chi connectivity index (χ0n) is 12.0. The average molecular weight is 329 g/mol. The van der Waals surface area contributed by atoms with Crippen molar-refractivity contribution in [3.05, 3.63) is 70.7 Å². The summed E-state index contributed by atoms with van der Waals surface area (Å²) in [5.41, 5.74) is 0.697. The van der Waals surface area contributed by atoms with E-state index in [2.05, 4.69) is 0 Å². The zero-order valence-corrected chi connectivity index (χ0v) is 12.7. The van der Waals surface area contributed by atoms with E-state index in [1.807, 2.05) is 0 Å². The summed E-state index contributed by atoms with van der Waals surface area (Å²) in [4.78, 5) is 12.2. The molecule has 0 unspecified atom stereocenters. The van der Waals surface area contributed by atoms with E-state index in [9.17, 15) is 15.0 Å². The van der Waals surface area contributed by atoms with E-state index in [-0.39, 0.29) is 23.7 Å². The highest BCUT2D eigenvalue weighted by molar-refractivity contribution is 6.30. The van der Waals surface area contributed by atoms with E-state index in [0.717, 1.165) is 5.56 Å². The van der Waals surface area contributed by atoms with Gasteiger partial charge in [0.1, 0.15) is 23.7 Å². The lowest BCUT2D eigenvalue weighted by molar-refractivity contribution is 0.0469. The highest BCUT2D eigenvalue weighted by atomic mass is 35.5. The van der Waals surface area contributed by atoms with E-state index in [0.29, 0.717) is 15.8 Å². The second-order valence-electron chi connectivity index (χ2n) is 5.04. The molecule has 0 amide bonds. The number of hydrogen-bond acceptors (Lipinski definition) is 4. The van der Waals surface area contributed by atoms with Crippen LogP contribution in [-0.4, -0.2) is 16.2 Å². The van der Waals surface area contributed by atoms with Gasteiger partial charge in [0, 0.05) is 15.8 Å². The standard InChI is InChI=1S/C18H13ClO4/c19-12-7-5-11(6-8-12)10-23-18(22)15-9-16(20)13-3-1-2-4-14(13)17(15)21/h1-9,20-21H,10H2. The highest BCUT2D eigenvalue weighted by Gasteiger charge is 2.18. The third-order valence-electron chi connectivity index (χ3n) is 3.50. The molecule has 0 radical (unpaired) electrons. The average Bonchev–Trinajstić information content (AvgIpc) is 2.57. The molecule has 3 aromatic rings. The van der Waals surface area contributed by atoms with Crippen molar-refractivity contribution in [2.45, 2.75) is 6.61 Å². The van der Waals surface area contributed by atoms with Gasteiger partial charge in [0.2, 0.25) is 0 Å². The lowest BCUT2D eigenvalue weighted by atomic mass is 10.0. The van der Waals surface area contributed by atoms with Gasteiger partial charge in [0.05, 0.1) is 0 Å². The maximum atomic E-state index is 12.2. The predicted molar refractivity (Wildman–Crippen MR) is 87.8 cm³/mol. The number of benzene rings is 3. The molecule has 3 rings (SSSR count). The Morgan fingerprint density at radius 2 is 1.65 bits per heavy atom. The Kier molecular flexibility index (Phi) is 4.08. The fraction of sp³-hybridized carbons (Fsp3) is 0.0556. The van der Waals surface area contributed by atoms with Crippen molar-refractivity contribution in [3.63, 3.8) is 0 Å². The third-order valence-corrected chi connectivity index (χ3v) is 3.75. The molecular formula is C18H13ClO4. The summed E-state index contributed by atoms with van der Waals surface area (Å²) in [7, 11) is 0. The molecule has 0 aliphatic carbocycles. The van der Waals surface area contributed by atoms with Crippen molar-refractivity contribution < 1.29 is 19.7 Å². The van der Waals surface area contributed by atoms with Crippen LogP contribution in [0.15, 0.2) is 54.6 Å². The van der Waals surface area contributed by atoms with Crippen molar-refractivity contribution >= 4 is 28.3 Å². The van der Waals surface area contributed by atoms with Crippen molar-refractivity contribution in [1.29, 1.82) is 0 Å². The molecule has 0 atom stereocenters. The molecule has 4 nitrogen and oxygen atoms in total. The number of ether oxygens (including phenoxy) is 1. The number of phenols is 2. The van der Waals surface area contributed by atoms with Gasteiger partial charge in [-0.05, 0) is 23.8 Å². The Morgan fingerprint density at radius 1 is 1.00 bits per heavy atom. The first-order valence-corrected chi connectivity index (χ1v) is 7.29. The first-order valence-electron chi connectivity index (χ1n) is 6.91. The van der Waals surface area contributed by atoms with E-state index < -0.39 is 5.97 Å². The van der Waals surface area contributed by atoms with Crippen molar-refractivity contribution in [3.8, 4) is 11.5 Å². The Morgan fingerprint density at radius 3 is 2.35 bits per heavy atom. The summed E-state index contributed by atoms with van der Waals surface area (Å²) in [5.74, 6) is -1.00. The Balaban J connectivity index is 1.86. The topological polar surface area (TPSA) is 66.8 Å². The van der Waals surface area contributed by atoms with Gasteiger partial charge in [-0.3, -0.25) is 0 Å². The second-order valence-corrected chi connectivity index (χ2v) is 5.48. The summed E-state index contributed by atoms with van der Waals surface area (Å²) in [6.07, 6.45) is 0. The summed E-state index contributed by atoms with van der Waals surface area (Å²) >= 11 is 5.80. The molecule has 0 spiro atoms. The van der Waals surface area contributed by atoms with Crippen LogP contribution in [0.5, 0.6) is 11.5 Å². The summed E-state index contributed by atoms with van der Waals surface area (Å²) in [6, 6.07) is 14.8. The molecule has 0 bridgehead atoms. The molecule has 23 heavy (non-hydrogen) atoms. The fourth-order valence-electron chi connectivity index (χ4n) is 2.30. The van der Waals surface area contributed by atoms with Crippen LogP contribution in [0.4, 0.5) is 0 Å². The van der Waals surface area contributed by atoms with Gasteiger partial charge in [-0.1, -0.05) is 48.0 Å². The Hall–Kier alpha value is -2.72. The lowest BCUT2D eigenvalue weighted by Gasteiger charge is -2.10. The first kappa shape index (κ1) is 15.2. The maximum Gasteiger partial charge on any atom is 0.342 e. The Labute approximate surface area is 137 Å². The smallest absolute Gasteiger partial charge is 0.342 e. The SMILES string of the molecule is O=C(OCc1ccc(Cl)cc1)c1cc(O)c2ccccc2c1O. The van der Waals surface area contributed by atoms with E-state index >= 15 is 0 Å². The van der Waals surface area contributed by atoms with Crippen LogP contribution in [0.25, 0.3) is 10.8 Å². The minimum absolute atomic E-state index is 0.0447.